The van der Waals surface area contributed by atoms with E-state index in [-0.39, 0.29) is 0 Å². The fourth-order valence-electron chi connectivity index (χ4n) is 1.29. The van der Waals surface area contributed by atoms with Crippen LogP contribution in [0.4, 0.5) is 5.69 Å². The zero-order chi connectivity index (χ0) is 11.8. The van der Waals surface area contributed by atoms with Crippen molar-refractivity contribution < 1.29 is 14.2 Å². The van der Waals surface area contributed by atoms with E-state index >= 15 is 0 Å². The van der Waals surface area contributed by atoms with Gasteiger partial charge in [0.05, 0.1) is 13.7 Å². The van der Waals surface area contributed by atoms with Crippen LogP contribution in [0.5, 0.6) is 11.5 Å². The number of hydrogen-bond donors (Lipinski definition) is 1. The van der Waals surface area contributed by atoms with Crippen LogP contribution >= 0.6 is 0 Å². The summed E-state index contributed by atoms with van der Waals surface area (Å²) < 4.78 is 16.0. The molecule has 90 valence electrons. The van der Waals surface area contributed by atoms with Crippen LogP contribution in [0.1, 0.15) is 13.3 Å². The first-order valence-corrected chi connectivity index (χ1v) is 5.42. The predicted molar refractivity (Wildman–Crippen MR) is 64.0 cm³/mol. The van der Waals surface area contributed by atoms with E-state index in [9.17, 15) is 0 Å². The predicted octanol–water partition coefficient (Wildman–Crippen LogP) is 2.08. The number of methoxy groups -OCH3 is 1. The maximum Gasteiger partial charge on any atom is 0.163 e. The lowest BCUT2D eigenvalue weighted by Crippen LogP contribution is -2.04. The Morgan fingerprint density at radius 2 is 2.00 bits per heavy atom. The van der Waals surface area contributed by atoms with Gasteiger partial charge in [0.25, 0.3) is 0 Å². The Morgan fingerprint density at radius 1 is 1.19 bits per heavy atom. The number of hydrogen-bond acceptors (Lipinski definition) is 4. The third-order valence-electron chi connectivity index (χ3n) is 2.08. The van der Waals surface area contributed by atoms with Gasteiger partial charge < -0.3 is 19.9 Å². The molecule has 0 atom stereocenters. The van der Waals surface area contributed by atoms with Crippen molar-refractivity contribution in [1.29, 1.82) is 0 Å². The average Bonchev–Trinajstić information content (AvgIpc) is 2.29. The van der Waals surface area contributed by atoms with Crippen LogP contribution in [-0.2, 0) is 4.74 Å². The lowest BCUT2D eigenvalue weighted by atomic mass is 10.3. The fraction of sp³-hybridized carbons (Fsp3) is 0.500. The van der Waals surface area contributed by atoms with E-state index in [1.165, 1.54) is 0 Å². The second-order valence-electron chi connectivity index (χ2n) is 3.31. The van der Waals surface area contributed by atoms with Crippen molar-refractivity contribution in [1.82, 2.24) is 0 Å². The largest absolute Gasteiger partial charge is 0.493 e. The van der Waals surface area contributed by atoms with Crippen molar-refractivity contribution in [2.75, 3.05) is 32.7 Å². The highest BCUT2D eigenvalue weighted by molar-refractivity contribution is 5.51. The van der Waals surface area contributed by atoms with E-state index in [0.717, 1.165) is 13.0 Å². The zero-order valence-electron chi connectivity index (χ0n) is 9.86. The summed E-state index contributed by atoms with van der Waals surface area (Å²) in [6.45, 7) is 4.02. The Kier molecular flexibility index (Phi) is 5.50. The number of anilines is 1. The SMILES string of the molecule is CCOCCCOc1cc(N)ccc1OC. The van der Waals surface area contributed by atoms with Crippen LogP contribution in [0, 0.1) is 0 Å². The van der Waals surface area contributed by atoms with Crippen LogP contribution in [0.15, 0.2) is 18.2 Å². The van der Waals surface area contributed by atoms with E-state index < -0.39 is 0 Å². The lowest BCUT2D eigenvalue weighted by molar-refractivity contribution is 0.130. The van der Waals surface area contributed by atoms with Crippen LogP contribution in [0.25, 0.3) is 0 Å². The van der Waals surface area contributed by atoms with Crippen molar-refractivity contribution in [2.24, 2.45) is 0 Å². The summed E-state index contributed by atoms with van der Waals surface area (Å²) >= 11 is 0. The van der Waals surface area contributed by atoms with Gasteiger partial charge in [-0.05, 0) is 19.1 Å². The van der Waals surface area contributed by atoms with Gasteiger partial charge in [0.2, 0.25) is 0 Å². The number of nitrogen functional groups attached to an aromatic ring is 1. The van der Waals surface area contributed by atoms with Crippen molar-refractivity contribution >= 4 is 5.69 Å². The highest BCUT2D eigenvalue weighted by atomic mass is 16.5. The number of benzene rings is 1. The summed E-state index contributed by atoms with van der Waals surface area (Å²) in [5, 5.41) is 0. The normalized spacial score (nSPS) is 10.1. The summed E-state index contributed by atoms with van der Waals surface area (Å²) in [7, 11) is 1.61. The summed E-state index contributed by atoms with van der Waals surface area (Å²) in [4.78, 5) is 0. The molecule has 1 rings (SSSR count). The molecule has 1 aromatic rings. The van der Waals surface area contributed by atoms with Crippen molar-refractivity contribution in [3.63, 3.8) is 0 Å². The fourth-order valence-corrected chi connectivity index (χ4v) is 1.29. The Balaban J connectivity index is 2.42. The molecule has 16 heavy (non-hydrogen) atoms. The van der Waals surface area contributed by atoms with Gasteiger partial charge in [0, 0.05) is 31.4 Å². The molecular weight excluding hydrogens is 206 g/mol. The van der Waals surface area contributed by atoms with Gasteiger partial charge in [0.15, 0.2) is 11.5 Å². The summed E-state index contributed by atoms with van der Waals surface area (Å²) in [6, 6.07) is 5.35. The molecule has 1 aromatic carbocycles. The second-order valence-corrected chi connectivity index (χ2v) is 3.31. The van der Waals surface area contributed by atoms with E-state index in [0.29, 0.717) is 30.4 Å². The standard InChI is InChI=1S/C12H19NO3/c1-3-15-7-4-8-16-12-9-10(13)5-6-11(12)14-2/h5-6,9H,3-4,7-8,13H2,1-2H3. The van der Waals surface area contributed by atoms with E-state index in [4.69, 9.17) is 19.9 Å². The van der Waals surface area contributed by atoms with E-state index in [2.05, 4.69) is 0 Å². The van der Waals surface area contributed by atoms with Gasteiger partial charge >= 0.3 is 0 Å². The van der Waals surface area contributed by atoms with Crippen LogP contribution in [0.3, 0.4) is 0 Å². The molecule has 4 heteroatoms. The van der Waals surface area contributed by atoms with Crippen LogP contribution in [-0.4, -0.2) is 26.9 Å². The van der Waals surface area contributed by atoms with E-state index in [1.807, 2.05) is 6.92 Å². The minimum absolute atomic E-state index is 0.597. The number of rotatable bonds is 7. The van der Waals surface area contributed by atoms with E-state index in [1.54, 1.807) is 25.3 Å². The van der Waals surface area contributed by atoms with Crippen molar-refractivity contribution in [3.05, 3.63) is 18.2 Å². The van der Waals surface area contributed by atoms with Gasteiger partial charge in [-0.25, -0.2) is 0 Å². The molecule has 0 aromatic heterocycles. The topological polar surface area (TPSA) is 53.7 Å². The Hall–Kier alpha value is -1.42. The lowest BCUT2D eigenvalue weighted by Gasteiger charge is -2.11. The van der Waals surface area contributed by atoms with Gasteiger partial charge in [-0.3, -0.25) is 0 Å². The molecular formula is C12H19NO3. The molecule has 0 aliphatic carbocycles. The van der Waals surface area contributed by atoms with Gasteiger partial charge in [0.1, 0.15) is 0 Å². The number of ether oxygens (including phenoxy) is 3. The molecule has 0 radical (unpaired) electrons. The highest BCUT2D eigenvalue weighted by Gasteiger charge is 2.03. The first-order chi connectivity index (χ1) is 7.77. The highest BCUT2D eigenvalue weighted by Crippen LogP contribution is 2.28. The minimum Gasteiger partial charge on any atom is -0.493 e. The summed E-state index contributed by atoms with van der Waals surface area (Å²) in [6.07, 6.45) is 0.853. The quantitative estimate of drug-likeness (QED) is 0.570. The summed E-state index contributed by atoms with van der Waals surface area (Å²) in [5.74, 6) is 1.38. The van der Waals surface area contributed by atoms with Gasteiger partial charge in [-0.2, -0.15) is 0 Å². The molecule has 0 spiro atoms. The third kappa shape index (κ3) is 3.98. The maximum absolute atomic E-state index is 5.67. The molecule has 0 amide bonds. The monoisotopic (exact) mass is 225 g/mol. The summed E-state index contributed by atoms with van der Waals surface area (Å²) in [5.41, 5.74) is 6.34. The van der Waals surface area contributed by atoms with Gasteiger partial charge in [-0.15, -0.1) is 0 Å². The Morgan fingerprint density at radius 3 is 2.69 bits per heavy atom. The molecule has 0 aliphatic heterocycles. The third-order valence-corrected chi connectivity index (χ3v) is 2.08. The first-order valence-electron chi connectivity index (χ1n) is 5.42. The molecule has 0 bridgehead atoms. The zero-order valence-corrected chi connectivity index (χ0v) is 9.86. The van der Waals surface area contributed by atoms with Crippen molar-refractivity contribution in [3.8, 4) is 11.5 Å². The molecule has 0 fully saturated rings. The average molecular weight is 225 g/mol. The maximum atomic E-state index is 5.67. The molecule has 0 heterocycles. The molecule has 0 aliphatic rings. The van der Waals surface area contributed by atoms with Crippen LogP contribution < -0.4 is 15.2 Å². The molecule has 0 saturated carbocycles. The molecule has 0 unspecified atom stereocenters. The Bertz CT molecular complexity index is 315. The minimum atomic E-state index is 0.597. The first kappa shape index (κ1) is 12.6. The smallest absolute Gasteiger partial charge is 0.163 e. The molecule has 4 nitrogen and oxygen atoms in total. The van der Waals surface area contributed by atoms with Crippen LogP contribution in [0.2, 0.25) is 0 Å². The number of nitrogens with two attached hydrogens (primary N) is 1. The Labute approximate surface area is 96.3 Å². The molecule has 2 N–H and O–H groups in total. The van der Waals surface area contributed by atoms with Crippen molar-refractivity contribution in [2.45, 2.75) is 13.3 Å². The molecule has 0 saturated heterocycles. The second kappa shape index (κ2) is 6.95. The van der Waals surface area contributed by atoms with Gasteiger partial charge in [-0.1, -0.05) is 0 Å².